The van der Waals surface area contributed by atoms with E-state index in [-0.39, 0.29) is 13.2 Å². The van der Waals surface area contributed by atoms with Gasteiger partial charge >= 0.3 is 5.97 Å². The number of carbonyl (C=O) groups excluding carboxylic acids is 1. The number of nitrogens with zero attached hydrogens (tertiary/aromatic N) is 2. The van der Waals surface area contributed by atoms with Gasteiger partial charge in [0.2, 0.25) is 0 Å². The number of nitrogen functional groups attached to an aromatic ring is 1. The van der Waals surface area contributed by atoms with Crippen molar-refractivity contribution in [2.24, 2.45) is 0 Å². The Hall–Kier alpha value is -3.87. The maximum absolute atomic E-state index is 12.2. The quantitative estimate of drug-likeness (QED) is 0.216. The number of pyridine rings is 1. The number of esters is 1. The van der Waals surface area contributed by atoms with Crippen molar-refractivity contribution in [1.29, 1.82) is 5.41 Å². The van der Waals surface area contributed by atoms with E-state index in [4.69, 9.17) is 20.6 Å². The highest BCUT2D eigenvalue weighted by Gasteiger charge is 2.14. The normalized spacial score (nSPS) is 12.9. The number of benzene rings is 2. The summed E-state index contributed by atoms with van der Waals surface area (Å²) >= 11 is 0. The van der Waals surface area contributed by atoms with Gasteiger partial charge in [0.15, 0.2) is 0 Å². The van der Waals surface area contributed by atoms with E-state index in [1.807, 2.05) is 41.3 Å². The summed E-state index contributed by atoms with van der Waals surface area (Å²) in [5.74, 6) is 1.10. The van der Waals surface area contributed by atoms with Crippen LogP contribution in [0.4, 0.5) is 5.82 Å². The Labute approximate surface area is 174 Å². The fraction of sp³-hybridized carbons (Fsp3) is 0.174. The zero-order chi connectivity index (χ0) is 20.9. The second-order valence-corrected chi connectivity index (χ2v) is 6.87. The van der Waals surface area contributed by atoms with Crippen molar-refractivity contribution in [2.45, 2.75) is 0 Å². The summed E-state index contributed by atoms with van der Waals surface area (Å²) < 4.78 is 10.9. The van der Waals surface area contributed by atoms with Gasteiger partial charge in [-0.05, 0) is 35.7 Å². The van der Waals surface area contributed by atoms with Crippen LogP contribution in [0.5, 0.6) is 5.75 Å². The second-order valence-electron chi connectivity index (χ2n) is 6.87. The second kappa shape index (κ2) is 8.65. The first-order chi connectivity index (χ1) is 14.6. The Balaban J connectivity index is 1.27. The molecule has 0 atom stereocenters. The van der Waals surface area contributed by atoms with Crippen LogP contribution in [0.2, 0.25) is 0 Å². The van der Waals surface area contributed by atoms with Crippen LogP contribution in [0.3, 0.4) is 0 Å². The van der Waals surface area contributed by atoms with Crippen molar-refractivity contribution in [2.75, 3.05) is 32.0 Å². The molecule has 0 aliphatic carbocycles. The number of carbonyl (C=O) groups is 1. The number of amidine groups is 1. The van der Waals surface area contributed by atoms with Gasteiger partial charge in [0.25, 0.3) is 0 Å². The number of fused-ring (bicyclic) bond motifs is 1. The molecule has 1 aliphatic heterocycles. The van der Waals surface area contributed by atoms with Gasteiger partial charge in [-0.2, -0.15) is 0 Å². The molecule has 7 heteroatoms. The molecule has 152 valence electrons. The van der Waals surface area contributed by atoms with E-state index < -0.39 is 5.97 Å². The zero-order valence-corrected chi connectivity index (χ0v) is 16.4. The lowest BCUT2D eigenvalue weighted by Gasteiger charge is -2.18. The van der Waals surface area contributed by atoms with Gasteiger partial charge in [-0.15, -0.1) is 0 Å². The third kappa shape index (κ3) is 4.25. The molecule has 3 aromatic rings. The Bertz CT molecular complexity index is 1100. The molecule has 0 spiro atoms. The van der Waals surface area contributed by atoms with E-state index >= 15 is 0 Å². The SMILES string of the molecule is N=C(c1ccc(C(=O)OCCOc2ccc3ccnc(N)c3c2)cc1)N1CC=CC1. The lowest BCUT2D eigenvalue weighted by atomic mass is 10.1. The third-order valence-corrected chi connectivity index (χ3v) is 4.88. The monoisotopic (exact) mass is 402 g/mol. The van der Waals surface area contributed by atoms with Crippen LogP contribution in [0, 0.1) is 5.41 Å². The zero-order valence-electron chi connectivity index (χ0n) is 16.4. The largest absolute Gasteiger partial charge is 0.490 e. The molecule has 0 saturated carbocycles. The highest BCUT2D eigenvalue weighted by atomic mass is 16.6. The topological polar surface area (TPSA) is 102 Å². The first-order valence-electron chi connectivity index (χ1n) is 9.65. The lowest BCUT2D eigenvalue weighted by Crippen LogP contribution is -2.28. The number of hydrogen-bond donors (Lipinski definition) is 2. The number of rotatable bonds is 6. The molecule has 0 unspecified atom stereocenters. The van der Waals surface area contributed by atoms with Gasteiger partial charge < -0.3 is 20.1 Å². The molecular weight excluding hydrogens is 380 g/mol. The van der Waals surface area contributed by atoms with Crippen LogP contribution in [-0.2, 0) is 4.74 Å². The van der Waals surface area contributed by atoms with E-state index in [2.05, 4.69) is 4.98 Å². The van der Waals surface area contributed by atoms with Crippen molar-refractivity contribution in [3.63, 3.8) is 0 Å². The Morgan fingerprint density at radius 3 is 2.53 bits per heavy atom. The van der Waals surface area contributed by atoms with Crippen molar-refractivity contribution >= 4 is 28.4 Å². The molecular formula is C23H22N4O3. The van der Waals surface area contributed by atoms with Crippen molar-refractivity contribution in [3.05, 3.63) is 78.0 Å². The lowest BCUT2D eigenvalue weighted by molar-refractivity contribution is 0.0450. The highest BCUT2D eigenvalue weighted by Crippen LogP contribution is 2.24. The summed E-state index contributed by atoms with van der Waals surface area (Å²) in [4.78, 5) is 18.3. The van der Waals surface area contributed by atoms with Gasteiger partial charge in [-0.1, -0.05) is 30.4 Å². The van der Waals surface area contributed by atoms with E-state index in [0.29, 0.717) is 23.0 Å². The molecule has 7 nitrogen and oxygen atoms in total. The van der Waals surface area contributed by atoms with Gasteiger partial charge in [-0.25, -0.2) is 9.78 Å². The van der Waals surface area contributed by atoms with E-state index in [1.165, 1.54) is 0 Å². The predicted molar refractivity (Wildman–Crippen MR) is 116 cm³/mol. The smallest absolute Gasteiger partial charge is 0.338 e. The van der Waals surface area contributed by atoms with Crippen LogP contribution < -0.4 is 10.5 Å². The van der Waals surface area contributed by atoms with Crippen LogP contribution in [0.25, 0.3) is 10.8 Å². The number of anilines is 1. The molecule has 1 aliphatic rings. The summed E-state index contributed by atoms with van der Waals surface area (Å²) in [5.41, 5.74) is 7.10. The Morgan fingerprint density at radius 2 is 1.77 bits per heavy atom. The molecule has 0 fully saturated rings. The minimum atomic E-state index is -0.425. The highest BCUT2D eigenvalue weighted by molar-refractivity contribution is 5.98. The number of nitrogens with one attached hydrogen (secondary N) is 1. The van der Waals surface area contributed by atoms with Crippen molar-refractivity contribution in [1.82, 2.24) is 9.88 Å². The first-order valence-corrected chi connectivity index (χ1v) is 9.65. The summed E-state index contributed by atoms with van der Waals surface area (Å²) in [6.07, 6.45) is 5.73. The minimum Gasteiger partial charge on any atom is -0.490 e. The molecule has 2 aromatic carbocycles. The standard InChI is InChI=1S/C23H22N4O3/c24-21-20-15-19(8-7-16(20)9-10-26-21)29-13-14-30-23(28)18-5-3-17(4-6-18)22(25)27-11-1-2-12-27/h1-10,15,25H,11-14H2,(H2,24,26). The van der Waals surface area contributed by atoms with Gasteiger partial charge in [0.1, 0.15) is 30.6 Å². The average molecular weight is 402 g/mol. The molecule has 4 rings (SSSR count). The van der Waals surface area contributed by atoms with Crippen LogP contribution in [0.15, 0.2) is 66.9 Å². The molecule has 30 heavy (non-hydrogen) atoms. The van der Waals surface area contributed by atoms with Gasteiger partial charge in [-0.3, -0.25) is 5.41 Å². The van der Waals surface area contributed by atoms with E-state index in [0.717, 1.165) is 29.4 Å². The maximum atomic E-state index is 12.2. The molecule has 0 amide bonds. The fourth-order valence-corrected chi connectivity index (χ4v) is 3.24. The average Bonchev–Trinajstić information content (AvgIpc) is 3.32. The summed E-state index contributed by atoms with van der Waals surface area (Å²) in [5, 5.41) is 10.0. The van der Waals surface area contributed by atoms with Gasteiger partial charge in [0.05, 0.1) is 5.56 Å². The molecule has 3 N–H and O–H groups in total. The molecule has 0 saturated heterocycles. The molecule has 1 aromatic heterocycles. The summed E-state index contributed by atoms with van der Waals surface area (Å²) in [6.45, 7) is 1.82. The van der Waals surface area contributed by atoms with E-state index in [1.54, 1.807) is 30.5 Å². The fourth-order valence-electron chi connectivity index (χ4n) is 3.24. The molecule has 2 heterocycles. The number of hydrogen-bond acceptors (Lipinski definition) is 6. The minimum absolute atomic E-state index is 0.121. The van der Waals surface area contributed by atoms with Crippen LogP contribution in [0.1, 0.15) is 15.9 Å². The predicted octanol–water partition coefficient (Wildman–Crippen LogP) is 3.25. The number of aromatic nitrogens is 1. The van der Waals surface area contributed by atoms with Crippen molar-refractivity contribution in [3.8, 4) is 5.75 Å². The summed E-state index contributed by atoms with van der Waals surface area (Å²) in [7, 11) is 0. The molecule has 0 bridgehead atoms. The summed E-state index contributed by atoms with van der Waals surface area (Å²) in [6, 6.07) is 14.3. The van der Waals surface area contributed by atoms with Crippen molar-refractivity contribution < 1.29 is 14.3 Å². The Kier molecular flexibility index (Phi) is 5.61. The van der Waals surface area contributed by atoms with Gasteiger partial charge in [0, 0.05) is 30.2 Å². The maximum Gasteiger partial charge on any atom is 0.338 e. The van der Waals surface area contributed by atoms with E-state index in [9.17, 15) is 4.79 Å². The number of ether oxygens (including phenoxy) is 2. The van der Waals surface area contributed by atoms with Crippen LogP contribution in [-0.4, -0.2) is 48.0 Å². The Morgan fingerprint density at radius 1 is 1.03 bits per heavy atom. The third-order valence-electron chi connectivity index (χ3n) is 4.88. The van der Waals surface area contributed by atoms with Crippen LogP contribution >= 0.6 is 0 Å². The first kappa shape index (κ1) is 19.4. The number of nitrogens with two attached hydrogens (primary N) is 1. The molecule has 0 radical (unpaired) electrons.